The number of pyridine rings is 1. The van der Waals surface area contributed by atoms with Crippen LogP contribution in [0, 0.1) is 0 Å². The molecule has 0 bridgehead atoms. The zero-order chi connectivity index (χ0) is 20.8. The highest BCUT2D eigenvalue weighted by atomic mass is 32.1. The standard InChI is InChI=1S/C23H24N4O2S/c28-22(25-14-20-8-4-12-30-20)23(29)26-15-21(18-7-3-10-24-13-18)27-11-9-17-5-1-2-6-19(17)16-27/h1-8,10,12-13,21H,9,11,14-16H2,(H,25,28)(H,26,29)/t21-/m0/s1. The van der Waals surface area contributed by atoms with E-state index in [-0.39, 0.29) is 6.04 Å². The average molecular weight is 421 g/mol. The molecule has 0 spiro atoms. The highest BCUT2D eigenvalue weighted by Gasteiger charge is 2.26. The van der Waals surface area contributed by atoms with Crippen LogP contribution in [0.4, 0.5) is 0 Å². The number of hydrogen-bond donors (Lipinski definition) is 2. The van der Waals surface area contributed by atoms with Crippen LogP contribution in [-0.4, -0.2) is 34.8 Å². The lowest BCUT2D eigenvalue weighted by Crippen LogP contribution is -2.45. The number of amides is 2. The SMILES string of the molecule is O=C(NCc1cccs1)C(=O)NC[C@@H](c1cccnc1)N1CCc2ccccc2C1. The van der Waals surface area contributed by atoms with Crippen molar-refractivity contribution >= 4 is 23.2 Å². The predicted octanol–water partition coefficient (Wildman–Crippen LogP) is 2.68. The first-order valence-electron chi connectivity index (χ1n) is 10.00. The molecule has 1 aliphatic rings. The van der Waals surface area contributed by atoms with Crippen LogP contribution in [0.25, 0.3) is 0 Å². The Bertz CT molecular complexity index is 991. The van der Waals surface area contributed by atoms with Crippen molar-refractivity contribution in [2.24, 2.45) is 0 Å². The van der Waals surface area contributed by atoms with Crippen LogP contribution in [0.2, 0.25) is 0 Å². The van der Waals surface area contributed by atoms with Crippen LogP contribution >= 0.6 is 11.3 Å². The van der Waals surface area contributed by atoms with E-state index in [1.54, 1.807) is 17.5 Å². The molecule has 1 aliphatic heterocycles. The molecule has 1 aromatic carbocycles. The number of benzene rings is 1. The first kappa shape index (κ1) is 20.3. The number of nitrogens with zero attached hydrogens (tertiary/aromatic N) is 2. The normalized spacial score (nSPS) is 14.5. The summed E-state index contributed by atoms with van der Waals surface area (Å²) in [5.74, 6) is -1.23. The molecule has 1 atom stereocenters. The number of carbonyl (C=O) groups is 2. The van der Waals surface area contributed by atoms with Gasteiger partial charge in [0.1, 0.15) is 0 Å². The van der Waals surface area contributed by atoms with Gasteiger partial charge in [0.25, 0.3) is 0 Å². The molecule has 0 aliphatic carbocycles. The van der Waals surface area contributed by atoms with Crippen LogP contribution in [0.15, 0.2) is 66.3 Å². The number of rotatable bonds is 6. The quantitative estimate of drug-likeness (QED) is 0.602. The third-order valence-corrected chi connectivity index (χ3v) is 6.21. The monoisotopic (exact) mass is 420 g/mol. The molecule has 30 heavy (non-hydrogen) atoms. The summed E-state index contributed by atoms with van der Waals surface area (Å²) in [6.45, 7) is 2.39. The van der Waals surface area contributed by atoms with Gasteiger partial charge in [-0.2, -0.15) is 0 Å². The summed E-state index contributed by atoms with van der Waals surface area (Å²) >= 11 is 1.55. The molecule has 3 heterocycles. The summed E-state index contributed by atoms with van der Waals surface area (Å²) < 4.78 is 0. The molecule has 0 radical (unpaired) electrons. The second kappa shape index (κ2) is 9.65. The minimum absolute atomic E-state index is 0.0545. The third kappa shape index (κ3) is 4.93. The molecule has 0 fully saturated rings. The van der Waals surface area contributed by atoms with E-state index >= 15 is 0 Å². The maximum atomic E-state index is 12.4. The van der Waals surface area contributed by atoms with Crippen molar-refractivity contribution < 1.29 is 9.59 Å². The minimum Gasteiger partial charge on any atom is -0.346 e. The van der Waals surface area contributed by atoms with Gasteiger partial charge in [0, 0.05) is 36.9 Å². The summed E-state index contributed by atoms with van der Waals surface area (Å²) in [5, 5.41) is 7.43. The molecule has 2 N–H and O–H groups in total. The van der Waals surface area contributed by atoms with E-state index in [0.29, 0.717) is 13.1 Å². The maximum Gasteiger partial charge on any atom is 0.309 e. The van der Waals surface area contributed by atoms with E-state index in [0.717, 1.165) is 30.0 Å². The Morgan fingerprint density at radius 1 is 1.03 bits per heavy atom. The maximum absolute atomic E-state index is 12.4. The zero-order valence-corrected chi connectivity index (χ0v) is 17.4. The van der Waals surface area contributed by atoms with Gasteiger partial charge in [-0.15, -0.1) is 11.3 Å². The highest BCUT2D eigenvalue weighted by Crippen LogP contribution is 2.27. The second-order valence-electron chi connectivity index (χ2n) is 7.26. The molecule has 0 unspecified atom stereocenters. The third-order valence-electron chi connectivity index (χ3n) is 5.34. The van der Waals surface area contributed by atoms with Gasteiger partial charge in [-0.3, -0.25) is 19.5 Å². The van der Waals surface area contributed by atoms with E-state index < -0.39 is 11.8 Å². The number of thiophene rings is 1. The van der Waals surface area contributed by atoms with E-state index in [1.165, 1.54) is 11.1 Å². The van der Waals surface area contributed by atoms with E-state index in [1.807, 2.05) is 35.8 Å². The Hall–Kier alpha value is -3.03. The summed E-state index contributed by atoms with van der Waals surface area (Å²) in [7, 11) is 0. The number of carbonyl (C=O) groups excluding carboxylic acids is 2. The van der Waals surface area contributed by atoms with Gasteiger partial charge in [0.2, 0.25) is 0 Å². The molecular formula is C23H24N4O2S. The molecule has 2 amide bonds. The molecule has 154 valence electrons. The smallest absolute Gasteiger partial charge is 0.309 e. The van der Waals surface area contributed by atoms with Crippen molar-refractivity contribution in [3.63, 3.8) is 0 Å². The molecule has 2 aromatic heterocycles. The van der Waals surface area contributed by atoms with Crippen LogP contribution < -0.4 is 10.6 Å². The van der Waals surface area contributed by atoms with Gasteiger partial charge in [-0.25, -0.2) is 0 Å². The van der Waals surface area contributed by atoms with Crippen LogP contribution in [0.1, 0.15) is 27.6 Å². The fraction of sp³-hybridized carbons (Fsp3) is 0.261. The van der Waals surface area contributed by atoms with Crippen molar-refractivity contribution in [2.75, 3.05) is 13.1 Å². The number of aromatic nitrogens is 1. The fourth-order valence-corrected chi connectivity index (χ4v) is 4.39. The molecule has 0 saturated heterocycles. The minimum atomic E-state index is -0.614. The van der Waals surface area contributed by atoms with Crippen LogP contribution in [-0.2, 0) is 29.1 Å². The van der Waals surface area contributed by atoms with Gasteiger partial charge in [0.05, 0.1) is 12.6 Å². The molecule has 7 heteroatoms. The second-order valence-corrected chi connectivity index (χ2v) is 8.30. The van der Waals surface area contributed by atoms with Gasteiger partial charge in [-0.1, -0.05) is 36.4 Å². The topological polar surface area (TPSA) is 74.3 Å². The van der Waals surface area contributed by atoms with E-state index in [4.69, 9.17) is 0 Å². The average Bonchev–Trinajstić information content (AvgIpc) is 3.32. The van der Waals surface area contributed by atoms with Crippen LogP contribution in [0.5, 0.6) is 0 Å². The van der Waals surface area contributed by atoms with E-state index in [9.17, 15) is 9.59 Å². The molecule has 3 aromatic rings. The molecule has 0 saturated carbocycles. The molecule has 6 nitrogen and oxygen atoms in total. The lowest BCUT2D eigenvalue weighted by atomic mass is 9.97. The Morgan fingerprint density at radius 2 is 1.87 bits per heavy atom. The van der Waals surface area contributed by atoms with Gasteiger partial charge in [0.15, 0.2) is 0 Å². The van der Waals surface area contributed by atoms with Crippen LogP contribution in [0.3, 0.4) is 0 Å². The number of hydrogen-bond acceptors (Lipinski definition) is 5. The summed E-state index contributed by atoms with van der Waals surface area (Å²) in [4.78, 5) is 32.1. The molecular weight excluding hydrogens is 396 g/mol. The first-order valence-corrected chi connectivity index (χ1v) is 10.9. The first-order chi connectivity index (χ1) is 14.7. The Labute approximate surface area is 180 Å². The van der Waals surface area contributed by atoms with Gasteiger partial charge >= 0.3 is 11.8 Å². The van der Waals surface area contributed by atoms with Crippen molar-refractivity contribution in [1.29, 1.82) is 0 Å². The van der Waals surface area contributed by atoms with Crippen molar-refractivity contribution in [3.8, 4) is 0 Å². The van der Waals surface area contributed by atoms with Crippen molar-refractivity contribution in [2.45, 2.75) is 25.6 Å². The number of nitrogens with one attached hydrogen (secondary N) is 2. The van der Waals surface area contributed by atoms with Gasteiger partial charge in [-0.05, 0) is 40.6 Å². The summed E-state index contributed by atoms with van der Waals surface area (Å²) in [6, 6.07) is 16.2. The zero-order valence-electron chi connectivity index (χ0n) is 16.6. The van der Waals surface area contributed by atoms with Gasteiger partial charge < -0.3 is 10.6 Å². The fourth-order valence-electron chi connectivity index (χ4n) is 3.74. The Morgan fingerprint density at radius 3 is 2.63 bits per heavy atom. The summed E-state index contributed by atoms with van der Waals surface area (Å²) in [5.41, 5.74) is 3.70. The highest BCUT2D eigenvalue weighted by molar-refractivity contribution is 7.09. The number of fused-ring (bicyclic) bond motifs is 1. The predicted molar refractivity (Wildman–Crippen MR) is 117 cm³/mol. The lowest BCUT2D eigenvalue weighted by Gasteiger charge is -2.35. The lowest BCUT2D eigenvalue weighted by molar-refractivity contribution is -0.139. The van der Waals surface area contributed by atoms with Crippen molar-refractivity contribution in [3.05, 3.63) is 87.9 Å². The van der Waals surface area contributed by atoms with Crippen molar-refractivity contribution in [1.82, 2.24) is 20.5 Å². The summed E-state index contributed by atoms with van der Waals surface area (Å²) in [6.07, 6.45) is 4.53. The largest absolute Gasteiger partial charge is 0.346 e. The Balaban J connectivity index is 1.41. The van der Waals surface area contributed by atoms with E-state index in [2.05, 4.69) is 44.8 Å². The molecule has 4 rings (SSSR count). The Kier molecular flexibility index (Phi) is 6.51.